The molecule has 2 fully saturated rings. The Hall–Kier alpha value is -1.89. The first-order valence-electron chi connectivity index (χ1n) is 10.8. The Kier molecular flexibility index (Phi) is 7.69. The van der Waals surface area contributed by atoms with Gasteiger partial charge in [0.15, 0.2) is 6.29 Å². The fourth-order valence-electron chi connectivity index (χ4n) is 4.66. The van der Waals surface area contributed by atoms with Gasteiger partial charge in [-0.15, -0.1) is 11.3 Å². The second kappa shape index (κ2) is 9.94. The number of fused-ring (bicyclic) bond motifs is 1. The van der Waals surface area contributed by atoms with Crippen molar-refractivity contribution in [3.8, 4) is 0 Å². The van der Waals surface area contributed by atoms with Gasteiger partial charge in [-0.05, 0) is 75.1 Å². The maximum Gasteiger partial charge on any atom is 0.410 e. The summed E-state index contributed by atoms with van der Waals surface area (Å²) in [5.41, 5.74) is 1.69. The minimum absolute atomic E-state index is 0.102. The number of benzene rings is 1. The van der Waals surface area contributed by atoms with Crippen molar-refractivity contribution in [3.63, 3.8) is 0 Å². The molecule has 3 atom stereocenters. The second-order valence-electron chi connectivity index (χ2n) is 9.61. The summed E-state index contributed by atoms with van der Waals surface area (Å²) in [6, 6.07) is 9.94. The largest absolute Gasteiger partial charge is 0.444 e. The van der Waals surface area contributed by atoms with E-state index in [2.05, 4.69) is 18.2 Å². The third-order valence-electron chi connectivity index (χ3n) is 6.23. The molecule has 1 saturated carbocycles. The number of hydrogen-bond acceptors (Lipinski definition) is 5. The number of halogens is 1. The van der Waals surface area contributed by atoms with Crippen molar-refractivity contribution < 1.29 is 19.1 Å². The maximum atomic E-state index is 12.6. The van der Waals surface area contributed by atoms with Crippen LogP contribution in [-0.2, 0) is 14.9 Å². The highest BCUT2D eigenvalue weighted by Gasteiger charge is 2.55. The first-order chi connectivity index (χ1) is 15.1. The van der Waals surface area contributed by atoms with E-state index < -0.39 is 5.60 Å². The predicted octanol–water partition coefficient (Wildman–Crippen LogP) is 6.12. The predicted molar refractivity (Wildman–Crippen MR) is 129 cm³/mol. The van der Waals surface area contributed by atoms with Gasteiger partial charge in [-0.1, -0.05) is 29.8 Å². The van der Waals surface area contributed by atoms with E-state index >= 15 is 0 Å². The first kappa shape index (κ1) is 24.7. The van der Waals surface area contributed by atoms with Crippen molar-refractivity contribution in [2.24, 2.45) is 5.92 Å². The highest BCUT2D eigenvalue weighted by atomic mass is 35.5. The second-order valence-corrected chi connectivity index (χ2v) is 11.0. The lowest BCUT2D eigenvalue weighted by atomic mass is 9.74. The normalized spacial score (nSPS) is 24.5. The highest BCUT2D eigenvalue weighted by molar-refractivity contribution is 7.11. The van der Waals surface area contributed by atoms with E-state index in [1.807, 2.05) is 44.0 Å². The summed E-state index contributed by atoms with van der Waals surface area (Å²) in [4.78, 5) is 25.1. The van der Waals surface area contributed by atoms with Crippen LogP contribution < -0.4 is 0 Å². The van der Waals surface area contributed by atoms with Gasteiger partial charge in [0.1, 0.15) is 5.60 Å². The molecular formula is C25H32ClNO4S. The molecule has 1 saturated heterocycles. The zero-order valence-electron chi connectivity index (χ0n) is 19.4. The van der Waals surface area contributed by atoms with E-state index in [9.17, 15) is 9.59 Å². The highest BCUT2D eigenvalue weighted by Crippen LogP contribution is 2.52. The van der Waals surface area contributed by atoms with E-state index in [1.165, 1.54) is 16.9 Å². The number of thiophene rings is 1. The quantitative estimate of drug-likeness (QED) is 0.499. The Balaban J connectivity index is 0.000000352. The van der Waals surface area contributed by atoms with Crippen molar-refractivity contribution >= 4 is 35.3 Å². The molecule has 1 aliphatic carbocycles. The lowest BCUT2D eigenvalue weighted by Gasteiger charge is -2.31. The topological polar surface area (TPSA) is 55.8 Å². The molecule has 2 aliphatic rings. The summed E-state index contributed by atoms with van der Waals surface area (Å²) in [5, 5.41) is 2.66. The molecule has 0 spiro atoms. The van der Waals surface area contributed by atoms with Gasteiger partial charge in [0.2, 0.25) is 0 Å². The van der Waals surface area contributed by atoms with Gasteiger partial charge in [-0.2, -0.15) is 0 Å². The number of rotatable bonds is 3. The van der Waals surface area contributed by atoms with Gasteiger partial charge in [-0.3, -0.25) is 4.79 Å². The average molecular weight is 478 g/mol. The molecule has 0 radical (unpaired) electrons. The van der Waals surface area contributed by atoms with Crippen LogP contribution in [0, 0.1) is 12.8 Å². The molecule has 1 aromatic heterocycles. The molecular weight excluding hydrogens is 446 g/mol. The Morgan fingerprint density at radius 2 is 2.06 bits per heavy atom. The van der Waals surface area contributed by atoms with Crippen LogP contribution in [0.2, 0.25) is 5.02 Å². The number of hydrogen-bond donors (Lipinski definition) is 0. The van der Waals surface area contributed by atoms with E-state index in [4.69, 9.17) is 21.1 Å². The van der Waals surface area contributed by atoms with Crippen molar-refractivity contribution in [2.45, 2.75) is 57.7 Å². The summed E-state index contributed by atoms with van der Waals surface area (Å²) in [7, 11) is 1.77. The van der Waals surface area contributed by atoms with Crippen LogP contribution >= 0.6 is 22.9 Å². The molecule has 2 heterocycles. The molecule has 2 aromatic rings. The van der Waals surface area contributed by atoms with E-state index in [0.29, 0.717) is 19.0 Å². The number of aldehydes is 1. The summed E-state index contributed by atoms with van der Waals surface area (Å²) in [6.45, 7) is 9.08. The fourth-order valence-corrected chi connectivity index (χ4v) is 5.37. The third kappa shape index (κ3) is 5.53. The number of likely N-dealkylation sites (tertiary alicyclic amines) is 1. The van der Waals surface area contributed by atoms with E-state index in [-0.39, 0.29) is 17.6 Å². The Morgan fingerprint density at radius 3 is 2.59 bits per heavy atom. The summed E-state index contributed by atoms with van der Waals surface area (Å²) >= 11 is 7.85. The van der Waals surface area contributed by atoms with Crippen LogP contribution in [0.1, 0.15) is 54.4 Å². The van der Waals surface area contributed by atoms with Crippen LogP contribution in [0.5, 0.6) is 0 Å². The Labute approximate surface area is 199 Å². The van der Waals surface area contributed by atoms with Gasteiger partial charge >= 0.3 is 6.09 Å². The Bertz CT molecular complexity index is 940. The van der Waals surface area contributed by atoms with Gasteiger partial charge in [0.25, 0.3) is 0 Å². The first-order valence-corrected chi connectivity index (χ1v) is 12.1. The van der Waals surface area contributed by atoms with Gasteiger partial charge < -0.3 is 14.4 Å². The SMILES string of the molecule is COC1C[C@@H]2CN(C(=O)OC(C)(C)C)C[C@]2(c2ccc(C)c(Cl)c2)C1.O=Cc1cccs1. The molecule has 0 N–H and O–H groups in total. The monoisotopic (exact) mass is 477 g/mol. The molecule has 0 bridgehead atoms. The standard InChI is InChI=1S/C20H28ClNO3.C5H4OS/c1-13-6-7-14(9-17(13)21)20-10-16(24-5)8-15(20)11-22(12-20)18(23)25-19(2,3)4;6-4-5-2-1-3-7-5/h6-7,9,15-16H,8,10-12H2,1-5H3;1-4H/t15-,16?,20+;/m1./s1. The smallest absolute Gasteiger partial charge is 0.410 e. The number of carbonyl (C=O) groups is 2. The van der Waals surface area contributed by atoms with E-state index in [1.54, 1.807) is 13.2 Å². The number of nitrogens with zero attached hydrogens (tertiary/aromatic N) is 1. The van der Waals surface area contributed by atoms with Gasteiger partial charge in [0.05, 0.1) is 11.0 Å². The molecule has 32 heavy (non-hydrogen) atoms. The van der Waals surface area contributed by atoms with Crippen LogP contribution in [0.15, 0.2) is 35.7 Å². The zero-order valence-corrected chi connectivity index (χ0v) is 21.0. The zero-order chi connectivity index (χ0) is 23.5. The minimum Gasteiger partial charge on any atom is -0.444 e. The molecule has 5 nitrogen and oxygen atoms in total. The van der Waals surface area contributed by atoms with Gasteiger partial charge in [0, 0.05) is 30.6 Å². The molecule has 174 valence electrons. The molecule has 4 rings (SSSR count). The average Bonchev–Trinajstić information content (AvgIpc) is 3.43. The molecule has 1 unspecified atom stereocenters. The van der Waals surface area contributed by atoms with Crippen molar-refractivity contribution in [1.82, 2.24) is 4.90 Å². The fraction of sp³-hybridized carbons (Fsp3) is 0.520. The lowest BCUT2D eigenvalue weighted by Crippen LogP contribution is -2.38. The summed E-state index contributed by atoms with van der Waals surface area (Å²) in [5.74, 6) is 0.365. The van der Waals surface area contributed by atoms with Crippen LogP contribution in [0.25, 0.3) is 0 Å². The number of amides is 1. The van der Waals surface area contributed by atoms with Crippen LogP contribution in [-0.4, -0.2) is 49.2 Å². The molecule has 1 amide bonds. The van der Waals surface area contributed by atoms with E-state index in [0.717, 1.165) is 34.6 Å². The summed E-state index contributed by atoms with van der Waals surface area (Å²) in [6.07, 6.45) is 2.72. The molecule has 7 heteroatoms. The summed E-state index contributed by atoms with van der Waals surface area (Å²) < 4.78 is 11.3. The molecule has 1 aliphatic heterocycles. The minimum atomic E-state index is -0.482. The van der Waals surface area contributed by atoms with Crippen LogP contribution in [0.3, 0.4) is 0 Å². The van der Waals surface area contributed by atoms with Crippen molar-refractivity contribution in [2.75, 3.05) is 20.2 Å². The van der Waals surface area contributed by atoms with Gasteiger partial charge in [-0.25, -0.2) is 4.79 Å². The van der Waals surface area contributed by atoms with Crippen molar-refractivity contribution in [3.05, 3.63) is 56.7 Å². The molecule has 1 aromatic carbocycles. The van der Waals surface area contributed by atoms with Crippen molar-refractivity contribution in [1.29, 1.82) is 0 Å². The Morgan fingerprint density at radius 1 is 1.31 bits per heavy atom. The number of carbonyl (C=O) groups excluding carboxylic acids is 2. The number of methoxy groups -OCH3 is 1. The number of aryl methyl sites for hydroxylation is 1. The number of ether oxygens (including phenoxy) is 2. The third-order valence-corrected chi connectivity index (χ3v) is 7.43. The lowest BCUT2D eigenvalue weighted by molar-refractivity contribution is 0.0255. The van der Waals surface area contributed by atoms with Crippen LogP contribution in [0.4, 0.5) is 4.79 Å². The maximum absolute atomic E-state index is 12.6.